The molecule has 0 fully saturated rings. The summed E-state index contributed by atoms with van der Waals surface area (Å²) in [5, 5.41) is 0. The van der Waals surface area contributed by atoms with Gasteiger partial charge in [0.25, 0.3) is 0 Å². The molecule has 0 amide bonds. The van der Waals surface area contributed by atoms with Crippen LogP contribution in [0.4, 0.5) is 0 Å². The molecule has 0 atom stereocenters. The standard InChI is InChI=1S/C16H16O2/c1-11-8-9-12(2)16(10-11)18-15-7-5-4-6-14(15)13(3)17/h4-10H,1-3H3. The highest BCUT2D eigenvalue weighted by Gasteiger charge is 2.09. The number of aryl methyl sites for hydroxylation is 2. The minimum absolute atomic E-state index is 0.0101. The fourth-order valence-electron chi connectivity index (χ4n) is 1.78. The first-order valence-corrected chi connectivity index (χ1v) is 5.93. The fraction of sp³-hybridized carbons (Fsp3) is 0.188. The average molecular weight is 240 g/mol. The Morgan fingerprint density at radius 1 is 1.00 bits per heavy atom. The van der Waals surface area contributed by atoms with Gasteiger partial charge in [-0.2, -0.15) is 0 Å². The number of carbonyl (C=O) groups excluding carboxylic acids is 1. The minimum Gasteiger partial charge on any atom is -0.456 e. The molecule has 0 aliphatic heterocycles. The number of Topliss-reactive ketones (excluding diaryl/α,β-unsaturated/α-hetero) is 1. The van der Waals surface area contributed by atoms with E-state index in [1.165, 1.54) is 0 Å². The second-order valence-corrected chi connectivity index (χ2v) is 4.42. The fourth-order valence-corrected chi connectivity index (χ4v) is 1.78. The zero-order chi connectivity index (χ0) is 13.1. The van der Waals surface area contributed by atoms with E-state index in [2.05, 4.69) is 0 Å². The molecule has 0 aromatic heterocycles. The van der Waals surface area contributed by atoms with E-state index in [-0.39, 0.29) is 5.78 Å². The molecule has 2 aromatic rings. The zero-order valence-electron chi connectivity index (χ0n) is 10.9. The summed E-state index contributed by atoms with van der Waals surface area (Å²) in [4.78, 5) is 11.5. The second-order valence-electron chi connectivity index (χ2n) is 4.42. The smallest absolute Gasteiger partial charge is 0.163 e. The van der Waals surface area contributed by atoms with Gasteiger partial charge in [0.2, 0.25) is 0 Å². The van der Waals surface area contributed by atoms with Crippen LogP contribution in [0.5, 0.6) is 11.5 Å². The van der Waals surface area contributed by atoms with Crippen LogP contribution in [-0.2, 0) is 0 Å². The number of para-hydroxylation sites is 1. The summed E-state index contributed by atoms with van der Waals surface area (Å²) in [7, 11) is 0. The van der Waals surface area contributed by atoms with Gasteiger partial charge >= 0.3 is 0 Å². The Balaban J connectivity index is 2.40. The Hall–Kier alpha value is -2.09. The lowest BCUT2D eigenvalue weighted by Gasteiger charge is -2.12. The second kappa shape index (κ2) is 5.05. The summed E-state index contributed by atoms with van der Waals surface area (Å²) in [6.45, 7) is 5.56. The van der Waals surface area contributed by atoms with Crippen LogP contribution in [-0.4, -0.2) is 5.78 Å². The van der Waals surface area contributed by atoms with Crippen LogP contribution in [0.2, 0.25) is 0 Å². The van der Waals surface area contributed by atoms with Crippen molar-refractivity contribution in [3.63, 3.8) is 0 Å². The number of benzene rings is 2. The van der Waals surface area contributed by atoms with Gasteiger partial charge < -0.3 is 4.74 Å². The van der Waals surface area contributed by atoms with E-state index < -0.39 is 0 Å². The summed E-state index contributed by atoms with van der Waals surface area (Å²) >= 11 is 0. The molecular formula is C16H16O2. The quantitative estimate of drug-likeness (QED) is 0.748. The van der Waals surface area contributed by atoms with Crippen LogP contribution < -0.4 is 4.74 Å². The lowest BCUT2D eigenvalue weighted by molar-refractivity contribution is 0.101. The van der Waals surface area contributed by atoms with E-state index in [1.54, 1.807) is 13.0 Å². The molecule has 2 aromatic carbocycles. The predicted molar refractivity (Wildman–Crippen MR) is 72.4 cm³/mol. The van der Waals surface area contributed by atoms with Crippen molar-refractivity contribution in [2.75, 3.05) is 0 Å². The van der Waals surface area contributed by atoms with E-state index in [9.17, 15) is 4.79 Å². The first kappa shape index (κ1) is 12.4. The maximum absolute atomic E-state index is 11.5. The molecule has 0 bridgehead atoms. The molecule has 0 aliphatic carbocycles. The summed E-state index contributed by atoms with van der Waals surface area (Å²) in [6, 6.07) is 13.3. The molecule has 2 heteroatoms. The van der Waals surface area contributed by atoms with Crippen LogP contribution in [0.25, 0.3) is 0 Å². The van der Waals surface area contributed by atoms with Crippen LogP contribution in [0.3, 0.4) is 0 Å². The topological polar surface area (TPSA) is 26.3 Å². The van der Waals surface area contributed by atoms with Crippen molar-refractivity contribution in [2.24, 2.45) is 0 Å². The van der Waals surface area contributed by atoms with Gasteiger partial charge in [0.05, 0.1) is 5.56 Å². The van der Waals surface area contributed by atoms with Gasteiger partial charge in [-0.15, -0.1) is 0 Å². The lowest BCUT2D eigenvalue weighted by atomic mass is 10.1. The SMILES string of the molecule is CC(=O)c1ccccc1Oc1cc(C)ccc1C. The van der Waals surface area contributed by atoms with E-state index in [0.717, 1.165) is 16.9 Å². The predicted octanol–water partition coefficient (Wildman–Crippen LogP) is 4.30. The number of ketones is 1. The first-order valence-electron chi connectivity index (χ1n) is 5.93. The van der Waals surface area contributed by atoms with Crippen molar-refractivity contribution >= 4 is 5.78 Å². The molecule has 0 unspecified atom stereocenters. The molecule has 2 nitrogen and oxygen atoms in total. The zero-order valence-corrected chi connectivity index (χ0v) is 10.9. The van der Waals surface area contributed by atoms with Crippen LogP contribution >= 0.6 is 0 Å². The van der Waals surface area contributed by atoms with Gasteiger partial charge in [-0.3, -0.25) is 4.79 Å². The summed E-state index contributed by atoms with van der Waals surface area (Å²) in [6.07, 6.45) is 0. The van der Waals surface area contributed by atoms with Crippen molar-refractivity contribution in [2.45, 2.75) is 20.8 Å². The third-order valence-corrected chi connectivity index (χ3v) is 2.83. The average Bonchev–Trinajstić information content (AvgIpc) is 2.34. The number of carbonyl (C=O) groups is 1. The molecule has 0 radical (unpaired) electrons. The molecule has 2 rings (SSSR count). The summed E-state index contributed by atoms with van der Waals surface area (Å²) in [5.41, 5.74) is 2.80. The van der Waals surface area contributed by atoms with E-state index >= 15 is 0 Å². The molecule has 0 saturated heterocycles. The highest BCUT2D eigenvalue weighted by molar-refractivity contribution is 5.96. The third kappa shape index (κ3) is 2.59. The maximum atomic E-state index is 11.5. The third-order valence-electron chi connectivity index (χ3n) is 2.83. The van der Waals surface area contributed by atoms with E-state index in [1.807, 2.05) is 50.2 Å². The Morgan fingerprint density at radius 2 is 1.72 bits per heavy atom. The highest BCUT2D eigenvalue weighted by atomic mass is 16.5. The normalized spacial score (nSPS) is 10.2. The van der Waals surface area contributed by atoms with E-state index in [0.29, 0.717) is 11.3 Å². The molecular weight excluding hydrogens is 224 g/mol. The summed E-state index contributed by atoms with van der Waals surface area (Å²) < 4.78 is 5.86. The van der Waals surface area contributed by atoms with Crippen molar-refractivity contribution in [1.29, 1.82) is 0 Å². The number of rotatable bonds is 3. The van der Waals surface area contributed by atoms with Gasteiger partial charge in [0.15, 0.2) is 5.78 Å². The van der Waals surface area contributed by atoms with Crippen molar-refractivity contribution in [3.8, 4) is 11.5 Å². The molecule has 0 saturated carbocycles. The Labute approximate surface area is 107 Å². The molecule has 0 aliphatic rings. The lowest BCUT2D eigenvalue weighted by Crippen LogP contribution is -1.97. The summed E-state index contributed by atoms with van der Waals surface area (Å²) in [5.74, 6) is 1.42. The van der Waals surface area contributed by atoms with Gasteiger partial charge in [-0.05, 0) is 50.1 Å². The minimum atomic E-state index is 0.0101. The number of hydrogen-bond acceptors (Lipinski definition) is 2. The van der Waals surface area contributed by atoms with Gasteiger partial charge in [-0.25, -0.2) is 0 Å². The first-order chi connectivity index (χ1) is 8.58. The highest BCUT2D eigenvalue weighted by Crippen LogP contribution is 2.28. The molecule has 0 N–H and O–H groups in total. The Kier molecular flexibility index (Phi) is 3.47. The molecule has 92 valence electrons. The molecule has 0 spiro atoms. The maximum Gasteiger partial charge on any atom is 0.163 e. The van der Waals surface area contributed by atoms with Gasteiger partial charge in [0, 0.05) is 0 Å². The van der Waals surface area contributed by atoms with Crippen molar-refractivity contribution in [1.82, 2.24) is 0 Å². The van der Waals surface area contributed by atoms with Gasteiger partial charge in [0.1, 0.15) is 11.5 Å². The molecule has 18 heavy (non-hydrogen) atoms. The van der Waals surface area contributed by atoms with Gasteiger partial charge in [-0.1, -0.05) is 24.3 Å². The number of ether oxygens (including phenoxy) is 1. The van der Waals surface area contributed by atoms with Crippen molar-refractivity contribution < 1.29 is 9.53 Å². The Morgan fingerprint density at radius 3 is 2.44 bits per heavy atom. The van der Waals surface area contributed by atoms with E-state index in [4.69, 9.17) is 4.74 Å². The van der Waals surface area contributed by atoms with Crippen LogP contribution in [0, 0.1) is 13.8 Å². The number of hydrogen-bond donors (Lipinski definition) is 0. The monoisotopic (exact) mass is 240 g/mol. The van der Waals surface area contributed by atoms with Crippen LogP contribution in [0.1, 0.15) is 28.4 Å². The largest absolute Gasteiger partial charge is 0.456 e. The Bertz CT molecular complexity index is 585. The molecule has 0 heterocycles. The van der Waals surface area contributed by atoms with Crippen LogP contribution in [0.15, 0.2) is 42.5 Å². The van der Waals surface area contributed by atoms with Crippen molar-refractivity contribution in [3.05, 3.63) is 59.2 Å².